The lowest BCUT2D eigenvalue weighted by Crippen LogP contribution is -2.03. The summed E-state index contributed by atoms with van der Waals surface area (Å²) in [5, 5.41) is 9.17. The zero-order valence-corrected chi connectivity index (χ0v) is 11.6. The van der Waals surface area contributed by atoms with Crippen molar-refractivity contribution in [2.75, 3.05) is 0 Å². The smallest absolute Gasteiger partial charge is 0.335 e. The Labute approximate surface area is 114 Å². The quantitative estimate of drug-likeness (QED) is 0.929. The van der Waals surface area contributed by atoms with Crippen LogP contribution < -0.4 is 0 Å². The summed E-state index contributed by atoms with van der Waals surface area (Å²) < 4.78 is 1.02. The van der Waals surface area contributed by atoms with Crippen LogP contribution in [-0.2, 0) is 6.42 Å². The number of halogens is 1. The molecule has 0 aliphatic carbocycles. The Morgan fingerprint density at radius 3 is 2.44 bits per heavy atom. The molecule has 0 spiro atoms. The third-order valence-corrected chi connectivity index (χ3v) is 3.33. The van der Waals surface area contributed by atoms with Crippen LogP contribution in [0.25, 0.3) is 0 Å². The Morgan fingerprint density at radius 2 is 1.83 bits per heavy atom. The first kappa shape index (κ1) is 12.8. The molecule has 0 unspecified atom stereocenters. The molecule has 0 aliphatic heterocycles. The number of aryl methyl sites for hydroxylation is 1. The first-order valence-electron chi connectivity index (χ1n) is 5.63. The van der Waals surface area contributed by atoms with Crippen molar-refractivity contribution in [1.82, 2.24) is 0 Å². The Bertz CT molecular complexity index is 574. The first-order chi connectivity index (χ1) is 8.56. The van der Waals surface area contributed by atoms with Crippen molar-refractivity contribution in [2.24, 2.45) is 0 Å². The summed E-state index contributed by atoms with van der Waals surface area (Å²) in [7, 11) is 0. The second kappa shape index (κ2) is 5.36. The molecule has 2 aromatic carbocycles. The minimum absolute atomic E-state index is 0.378. The summed E-state index contributed by atoms with van der Waals surface area (Å²) in [6.45, 7) is 1.97. The van der Waals surface area contributed by atoms with Crippen LogP contribution in [0.1, 0.15) is 27.0 Å². The highest BCUT2D eigenvalue weighted by Gasteiger charge is 2.10. The molecule has 0 radical (unpaired) electrons. The fourth-order valence-electron chi connectivity index (χ4n) is 1.90. The average molecular weight is 305 g/mol. The Morgan fingerprint density at radius 1 is 1.17 bits per heavy atom. The Kier molecular flexibility index (Phi) is 3.82. The lowest BCUT2D eigenvalue weighted by molar-refractivity contribution is 0.0696. The molecule has 0 atom stereocenters. The highest BCUT2D eigenvalue weighted by atomic mass is 79.9. The van der Waals surface area contributed by atoms with E-state index >= 15 is 0 Å². The van der Waals surface area contributed by atoms with Gasteiger partial charge in [0.25, 0.3) is 0 Å². The fraction of sp³-hybridized carbons (Fsp3) is 0.133. The Balaban J connectivity index is 2.35. The van der Waals surface area contributed by atoms with Crippen LogP contribution in [-0.4, -0.2) is 11.1 Å². The summed E-state index contributed by atoms with van der Waals surface area (Å²) in [4.78, 5) is 11.2. The molecular weight excluding hydrogens is 292 g/mol. The SMILES string of the molecule is Cc1ccc(C(=O)O)c(Cc2ccc(Br)cc2)c1. The van der Waals surface area contributed by atoms with Gasteiger partial charge in [-0.2, -0.15) is 0 Å². The standard InChI is InChI=1S/C15H13BrO2/c1-10-2-7-14(15(17)18)12(8-10)9-11-3-5-13(16)6-4-11/h2-8H,9H2,1H3,(H,17,18). The van der Waals surface area contributed by atoms with Crippen molar-refractivity contribution >= 4 is 21.9 Å². The van der Waals surface area contributed by atoms with Crippen molar-refractivity contribution in [3.05, 3.63) is 69.2 Å². The number of aromatic carboxylic acids is 1. The van der Waals surface area contributed by atoms with Gasteiger partial charge in [0, 0.05) is 4.47 Å². The van der Waals surface area contributed by atoms with Gasteiger partial charge in [0.15, 0.2) is 0 Å². The molecule has 0 bridgehead atoms. The van der Waals surface area contributed by atoms with Gasteiger partial charge in [0.2, 0.25) is 0 Å². The van der Waals surface area contributed by atoms with Crippen LogP contribution >= 0.6 is 15.9 Å². The van der Waals surface area contributed by atoms with E-state index in [4.69, 9.17) is 0 Å². The van der Waals surface area contributed by atoms with Crippen LogP contribution in [0.4, 0.5) is 0 Å². The number of benzene rings is 2. The average Bonchev–Trinajstić information content (AvgIpc) is 2.32. The van der Waals surface area contributed by atoms with Gasteiger partial charge < -0.3 is 5.11 Å². The summed E-state index contributed by atoms with van der Waals surface area (Å²) in [6.07, 6.45) is 0.636. The Hall–Kier alpha value is -1.61. The topological polar surface area (TPSA) is 37.3 Å². The highest BCUT2D eigenvalue weighted by Crippen LogP contribution is 2.18. The lowest BCUT2D eigenvalue weighted by atomic mass is 9.98. The van der Waals surface area contributed by atoms with Gasteiger partial charge in [0.05, 0.1) is 5.56 Å². The molecule has 0 saturated carbocycles. The number of hydrogen-bond acceptors (Lipinski definition) is 1. The summed E-state index contributed by atoms with van der Waals surface area (Å²) in [5.41, 5.74) is 3.41. The third kappa shape index (κ3) is 2.99. The maximum atomic E-state index is 11.2. The van der Waals surface area contributed by atoms with E-state index in [-0.39, 0.29) is 0 Å². The molecule has 2 aromatic rings. The molecule has 18 heavy (non-hydrogen) atoms. The number of carbonyl (C=O) groups is 1. The van der Waals surface area contributed by atoms with Gasteiger partial charge in [-0.05, 0) is 42.7 Å². The van der Waals surface area contributed by atoms with Gasteiger partial charge in [-0.15, -0.1) is 0 Å². The molecule has 0 heterocycles. The van der Waals surface area contributed by atoms with Crippen molar-refractivity contribution in [3.8, 4) is 0 Å². The zero-order valence-electron chi connectivity index (χ0n) is 9.98. The minimum Gasteiger partial charge on any atom is -0.478 e. The van der Waals surface area contributed by atoms with Crippen molar-refractivity contribution in [3.63, 3.8) is 0 Å². The molecule has 92 valence electrons. The fourth-order valence-corrected chi connectivity index (χ4v) is 2.16. The molecule has 2 nitrogen and oxygen atoms in total. The minimum atomic E-state index is -0.873. The predicted octanol–water partition coefficient (Wildman–Crippen LogP) is 4.05. The van der Waals surface area contributed by atoms with E-state index in [1.54, 1.807) is 6.07 Å². The summed E-state index contributed by atoms with van der Waals surface area (Å²) >= 11 is 3.39. The van der Waals surface area contributed by atoms with E-state index in [1.807, 2.05) is 43.3 Å². The normalized spacial score (nSPS) is 10.3. The molecule has 0 saturated heterocycles. The molecule has 0 aliphatic rings. The molecule has 0 aromatic heterocycles. The second-order valence-corrected chi connectivity index (χ2v) is 5.18. The van der Waals surface area contributed by atoms with E-state index in [9.17, 15) is 9.90 Å². The summed E-state index contributed by atoms with van der Waals surface area (Å²) in [6, 6.07) is 13.4. The van der Waals surface area contributed by atoms with Gasteiger partial charge >= 0.3 is 5.97 Å². The largest absolute Gasteiger partial charge is 0.478 e. The highest BCUT2D eigenvalue weighted by molar-refractivity contribution is 9.10. The number of rotatable bonds is 3. The van der Waals surface area contributed by atoms with Crippen molar-refractivity contribution < 1.29 is 9.90 Å². The van der Waals surface area contributed by atoms with Gasteiger partial charge in [-0.1, -0.05) is 45.8 Å². The summed E-state index contributed by atoms with van der Waals surface area (Å²) in [5.74, 6) is -0.873. The zero-order chi connectivity index (χ0) is 13.1. The predicted molar refractivity (Wildman–Crippen MR) is 75.1 cm³/mol. The van der Waals surface area contributed by atoms with Crippen LogP contribution in [0, 0.1) is 6.92 Å². The maximum absolute atomic E-state index is 11.2. The van der Waals surface area contributed by atoms with E-state index in [1.165, 1.54) is 0 Å². The molecule has 1 N–H and O–H groups in total. The second-order valence-electron chi connectivity index (χ2n) is 4.27. The molecule has 0 fully saturated rings. The van der Waals surface area contributed by atoms with Crippen molar-refractivity contribution in [2.45, 2.75) is 13.3 Å². The maximum Gasteiger partial charge on any atom is 0.335 e. The van der Waals surface area contributed by atoms with Gasteiger partial charge in [-0.3, -0.25) is 0 Å². The molecular formula is C15H13BrO2. The molecule has 0 amide bonds. The third-order valence-electron chi connectivity index (χ3n) is 2.80. The number of carboxylic acids is 1. The monoisotopic (exact) mass is 304 g/mol. The number of hydrogen-bond donors (Lipinski definition) is 1. The van der Waals surface area contributed by atoms with Crippen LogP contribution in [0.2, 0.25) is 0 Å². The van der Waals surface area contributed by atoms with E-state index in [0.717, 1.165) is 21.2 Å². The van der Waals surface area contributed by atoms with Gasteiger partial charge in [0.1, 0.15) is 0 Å². The van der Waals surface area contributed by atoms with Crippen LogP contribution in [0.15, 0.2) is 46.9 Å². The van der Waals surface area contributed by atoms with Crippen LogP contribution in [0.5, 0.6) is 0 Å². The molecule has 2 rings (SSSR count). The first-order valence-corrected chi connectivity index (χ1v) is 6.43. The molecule has 3 heteroatoms. The van der Waals surface area contributed by atoms with E-state index < -0.39 is 5.97 Å². The van der Waals surface area contributed by atoms with E-state index in [2.05, 4.69) is 15.9 Å². The van der Waals surface area contributed by atoms with Gasteiger partial charge in [-0.25, -0.2) is 4.79 Å². The van der Waals surface area contributed by atoms with Crippen molar-refractivity contribution in [1.29, 1.82) is 0 Å². The van der Waals surface area contributed by atoms with Crippen LogP contribution in [0.3, 0.4) is 0 Å². The van der Waals surface area contributed by atoms with E-state index in [0.29, 0.717) is 12.0 Å². The number of carboxylic acid groups (broad SMARTS) is 1. The lowest BCUT2D eigenvalue weighted by Gasteiger charge is -2.07.